The Morgan fingerprint density at radius 2 is 1.61 bits per heavy atom. The second-order valence-corrected chi connectivity index (χ2v) is 5.71. The standard InChI is InChI=1S/C15H20N2O/c1-10-3-11(2)5-14(4-10)17-8-12-6-16-7-13(9-17)15(12)18/h3-5,12-13,16H,6-9H2,1-2H3. The number of nitrogens with zero attached hydrogens (tertiary/aromatic N) is 1. The van der Waals surface area contributed by atoms with Gasteiger partial charge in [0, 0.05) is 43.7 Å². The Balaban J connectivity index is 1.87. The Labute approximate surface area is 108 Å². The maximum absolute atomic E-state index is 12.1. The largest absolute Gasteiger partial charge is 0.370 e. The van der Waals surface area contributed by atoms with Crippen molar-refractivity contribution >= 4 is 11.5 Å². The summed E-state index contributed by atoms with van der Waals surface area (Å²) in [6.07, 6.45) is 0. The van der Waals surface area contributed by atoms with Crippen molar-refractivity contribution in [3.05, 3.63) is 29.3 Å². The first-order chi connectivity index (χ1) is 8.63. The van der Waals surface area contributed by atoms with Crippen molar-refractivity contribution in [1.82, 2.24) is 5.32 Å². The van der Waals surface area contributed by atoms with Crippen molar-refractivity contribution in [2.75, 3.05) is 31.1 Å². The summed E-state index contributed by atoms with van der Waals surface area (Å²) in [5, 5.41) is 3.36. The SMILES string of the molecule is Cc1cc(C)cc(N2CC3CNCC(C2)C3=O)c1. The number of hydrogen-bond acceptors (Lipinski definition) is 3. The van der Waals surface area contributed by atoms with E-state index in [1.165, 1.54) is 16.8 Å². The van der Waals surface area contributed by atoms with Crippen molar-refractivity contribution in [3.63, 3.8) is 0 Å². The number of carbonyl (C=O) groups excluding carboxylic acids is 1. The molecule has 18 heavy (non-hydrogen) atoms. The van der Waals surface area contributed by atoms with Crippen LogP contribution in [0.2, 0.25) is 0 Å². The molecule has 2 aliphatic heterocycles. The van der Waals surface area contributed by atoms with Crippen LogP contribution >= 0.6 is 0 Å². The third-order valence-corrected chi connectivity index (χ3v) is 4.04. The van der Waals surface area contributed by atoms with Crippen LogP contribution in [0.15, 0.2) is 18.2 Å². The molecule has 1 aromatic rings. The molecule has 0 amide bonds. The number of aryl methyl sites for hydroxylation is 2. The molecular weight excluding hydrogens is 224 g/mol. The molecule has 1 N–H and O–H groups in total. The van der Waals surface area contributed by atoms with Gasteiger partial charge in [0.15, 0.2) is 0 Å². The summed E-state index contributed by atoms with van der Waals surface area (Å²) in [4.78, 5) is 14.4. The minimum Gasteiger partial charge on any atom is -0.370 e. The lowest BCUT2D eigenvalue weighted by atomic mass is 9.84. The average molecular weight is 244 g/mol. The zero-order chi connectivity index (χ0) is 12.7. The molecule has 2 unspecified atom stereocenters. The number of piperidine rings is 2. The smallest absolute Gasteiger partial charge is 0.145 e. The van der Waals surface area contributed by atoms with E-state index in [-0.39, 0.29) is 11.8 Å². The highest BCUT2D eigenvalue weighted by Gasteiger charge is 2.37. The summed E-state index contributed by atoms with van der Waals surface area (Å²) in [6, 6.07) is 6.65. The van der Waals surface area contributed by atoms with Gasteiger partial charge < -0.3 is 10.2 Å². The minimum atomic E-state index is 0.179. The molecule has 96 valence electrons. The van der Waals surface area contributed by atoms with Gasteiger partial charge in [0.2, 0.25) is 0 Å². The Morgan fingerprint density at radius 1 is 1.06 bits per heavy atom. The predicted octanol–water partition coefficient (Wildman–Crippen LogP) is 1.53. The molecule has 1 aromatic carbocycles. The number of benzene rings is 1. The van der Waals surface area contributed by atoms with Crippen molar-refractivity contribution in [3.8, 4) is 0 Å². The second-order valence-electron chi connectivity index (χ2n) is 5.71. The lowest BCUT2D eigenvalue weighted by Crippen LogP contribution is -2.57. The van der Waals surface area contributed by atoms with Gasteiger partial charge in [-0.05, 0) is 37.1 Å². The van der Waals surface area contributed by atoms with Crippen LogP contribution in [-0.2, 0) is 4.79 Å². The fourth-order valence-electron chi connectivity index (χ4n) is 3.23. The summed E-state index contributed by atoms with van der Waals surface area (Å²) in [5.74, 6) is 0.825. The molecule has 2 atom stereocenters. The van der Waals surface area contributed by atoms with E-state index in [9.17, 15) is 4.79 Å². The monoisotopic (exact) mass is 244 g/mol. The molecular formula is C15H20N2O. The topological polar surface area (TPSA) is 32.3 Å². The summed E-state index contributed by atoms with van der Waals surface area (Å²) >= 11 is 0. The molecule has 2 saturated heterocycles. The number of rotatable bonds is 1. The number of Topliss-reactive ketones (excluding diaryl/α,β-unsaturated/α-hetero) is 1. The fraction of sp³-hybridized carbons (Fsp3) is 0.533. The quantitative estimate of drug-likeness (QED) is 0.813. The number of carbonyl (C=O) groups is 1. The van der Waals surface area contributed by atoms with E-state index >= 15 is 0 Å². The highest BCUT2D eigenvalue weighted by molar-refractivity contribution is 5.87. The Kier molecular flexibility index (Phi) is 2.86. The van der Waals surface area contributed by atoms with Gasteiger partial charge >= 0.3 is 0 Å². The van der Waals surface area contributed by atoms with Crippen LogP contribution < -0.4 is 10.2 Å². The highest BCUT2D eigenvalue weighted by Crippen LogP contribution is 2.27. The fourth-order valence-corrected chi connectivity index (χ4v) is 3.23. The molecule has 0 radical (unpaired) electrons. The summed E-state index contributed by atoms with van der Waals surface area (Å²) in [7, 11) is 0. The Hall–Kier alpha value is -1.35. The molecule has 3 nitrogen and oxygen atoms in total. The zero-order valence-electron chi connectivity index (χ0n) is 11.1. The van der Waals surface area contributed by atoms with Crippen LogP contribution in [-0.4, -0.2) is 32.0 Å². The van der Waals surface area contributed by atoms with Gasteiger partial charge in [0.25, 0.3) is 0 Å². The lowest BCUT2D eigenvalue weighted by Gasteiger charge is -2.41. The number of fused-ring (bicyclic) bond motifs is 2. The maximum atomic E-state index is 12.1. The number of ketones is 1. The van der Waals surface area contributed by atoms with Crippen molar-refractivity contribution in [2.45, 2.75) is 13.8 Å². The summed E-state index contributed by atoms with van der Waals surface area (Å²) in [6.45, 7) is 7.69. The van der Waals surface area contributed by atoms with Gasteiger partial charge in [0.05, 0.1) is 0 Å². The molecule has 2 fully saturated rings. The number of nitrogens with one attached hydrogen (secondary N) is 1. The summed E-state index contributed by atoms with van der Waals surface area (Å²) < 4.78 is 0. The van der Waals surface area contributed by atoms with Gasteiger partial charge in [-0.3, -0.25) is 4.79 Å². The molecule has 0 aromatic heterocycles. The first-order valence-corrected chi connectivity index (χ1v) is 6.71. The van der Waals surface area contributed by atoms with Crippen molar-refractivity contribution in [1.29, 1.82) is 0 Å². The first-order valence-electron chi connectivity index (χ1n) is 6.71. The van der Waals surface area contributed by atoms with Crippen LogP contribution in [0.4, 0.5) is 5.69 Å². The van der Waals surface area contributed by atoms with Gasteiger partial charge in [-0.25, -0.2) is 0 Å². The van der Waals surface area contributed by atoms with E-state index in [4.69, 9.17) is 0 Å². The third kappa shape index (κ3) is 2.03. The molecule has 2 aliphatic rings. The normalized spacial score (nSPS) is 27.4. The zero-order valence-corrected chi connectivity index (χ0v) is 11.1. The molecule has 0 saturated carbocycles. The molecule has 2 bridgehead atoms. The molecule has 3 rings (SSSR count). The van der Waals surface area contributed by atoms with Crippen molar-refractivity contribution < 1.29 is 4.79 Å². The molecule has 0 spiro atoms. The van der Waals surface area contributed by atoms with Gasteiger partial charge in [0.1, 0.15) is 5.78 Å². The number of anilines is 1. The van der Waals surface area contributed by atoms with Gasteiger partial charge in [-0.2, -0.15) is 0 Å². The van der Waals surface area contributed by atoms with Crippen LogP contribution in [0.5, 0.6) is 0 Å². The van der Waals surface area contributed by atoms with E-state index < -0.39 is 0 Å². The summed E-state index contributed by atoms with van der Waals surface area (Å²) in [5.41, 5.74) is 3.87. The van der Waals surface area contributed by atoms with Crippen LogP contribution in [0.1, 0.15) is 11.1 Å². The second kappa shape index (κ2) is 4.39. The van der Waals surface area contributed by atoms with Crippen LogP contribution in [0, 0.1) is 25.7 Å². The average Bonchev–Trinajstić information content (AvgIpc) is 2.26. The van der Waals surface area contributed by atoms with Gasteiger partial charge in [-0.15, -0.1) is 0 Å². The van der Waals surface area contributed by atoms with E-state index in [1.54, 1.807) is 0 Å². The highest BCUT2D eigenvalue weighted by atomic mass is 16.1. The van der Waals surface area contributed by atoms with E-state index in [0.29, 0.717) is 5.78 Å². The molecule has 3 heteroatoms. The number of hydrogen-bond donors (Lipinski definition) is 1. The predicted molar refractivity (Wildman–Crippen MR) is 73.0 cm³/mol. The minimum absolute atomic E-state index is 0.179. The Bertz CT molecular complexity index is 447. The Morgan fingerprint density at radius 3 is 2.17 bits per heavy atom. The first kappa shape index (κ1) is 11.7. The van der Waals surface area contributed by atoms with E-state index in [1.807, 2.05) is 0 Å². The van der Waals surface area contributed by atoms with E-state index in [0.717, 1.165) is 26.2 Å². The third-order valence-electron chi connectivity index (χ3n) is 4.04. The van der Waals surface area contributed by atoms with Crippen LogP contribution in [0.3, 0.4) is 0 Å². The molecule has 0 aliphatic carbocycles. The van der Waals surface area contributed by atoms with Gasteiger partial charge in [-0.1, -0.05) is 6.07 Å². The maximum Gasteiger partial charge on any atom is 0.145 e. The lowest BCUT2D eigenvalue weighted by molar-refractivity contribution is -0.129. The molecule has 2 heterocycles. The van der Waals surface area contributed by atoms with Crippen LogP contribution in [0.25, 0.3) is 0 Å². The van der Waals surface area contributed by atoms with Crippen molar-refractivity contribution in [2.24, 2.45) is 11.8 Å². The van der Waals surface area contributed by atoms with E-state index in [2.05, 4.69) is 42.3 Å².